The lowest BCUT2D eigenvalue weighted by atomic mass is 10.0. The average Bonchev–Trinajstić information content (AvgIpc) is 3.23. The maximum Gasteiger partial charge on any atom is 0.417 e. The van der Waals surface area contributed by atoms with Gasteiger partial charge in [0.25, 0.3) is 5.91 Å². The summed E-state index contributed by atoms with van der Waals surface area (Å²) in [7, 11) is 0. The lowest BCUT2D eigenvalue weighted by Crippen LogP contribution is -2.51. The van der Waals surface area contributed by atoms with Gasteiger partial charge in [0.05, 0.1) is 17.4 Å². The minimum atomic E-state index is -4.41. The summed E-state index contributed by atoms with van der Waals surface area (Å²) < 4.78 is 42.7. The fraction of sp³-hybridized carbons (Fsp3) is 0.421. The molecule has 156 valence electrons. The van der Waals surface area contributed by atoms with Crippen LogP contribution < -0.4 is 15.5 Å². The number of hydrogen-bond acceptors (Lipinski definition) is 5. The summed E-state index contributed by atoms with van der Waals surface area (Å²) in [5, 5.41) is 5.50. The van der Waals surface area contributed by atoms with E-state index in [0.717, 1.165) is 12.3 Å². The van der Waals surface area contributed by atoms with E-state index in [9.17, 15) is 22.8 Å². The fourth-order valence-corrected chi connectivity index (χ4v) is 3.06. The summed E-state index contributed by atoms with van der Waals surface area (Å²) in [5.74, 6) is -0.221. The Morgan fingerprint density at radius 1 is 1.24 bits per heavy atom. The van der Waals surface area contributed by atoms with E-state index in [4.69, 9.17) is 4.42 Å². The molecule has 10 heteroatoms. The quantitative estimate of drug-likeness (QED) is 0.791. The predicted molar refractivity (Wildman–Crippen MR) is 98.3 cm³/mol. The van der Waals surface area contributed by atoms with Crippen LogP contribution in [0.1, 0.15) is 35.7 Å². The van der Waals surface area contributed by atoms with Crippen molar-refractivity contribution in [3.8, 4) is 0 Å². The predicted octanol–water partition coefficient (Wildman–Crippen LogP) is 2.60. The van der Waals surface area contributed by atoms with Gasteiger partial charge in [0.15, 0.2) is 0 Å². The first-order valence-electron chi connectivity index (χ1n) is 9.15. The van der Waals surface area contributed by atoms with Crippen molar-refractivity contribution in [1.82, 2.24) is 15.6 Å². The lowest BCUT2D eigenvalue weighted by molar-refractivity contribution is -0.137. The van der Waals surface area contributed by atoms with E-state index in [1.807, 2.05) is 4.90 Å². The van der Waals surface area contributed by atoms with Crippen molar-refractivity contribution in [2.75, 3.05) is 18.0 Å². The van der Waals surface area contributed by atoms with Crippen molar-refractivity contribution in [1.29, 1.82) is 0 Å². The van der Waals surface area contributed by atoms with E-state index in [1.54, 1.807) is 6.92 Å². The second-order valence-electron chi connectivity index (χ2n) is 6.88. The first-order chi connectivity index (χ1) is 13.7. The number of furan rings is 1. The molecule has 2 N–H and O–H groups in total. The summed E-state index contributed by atoms with van der Waals surface area (Å²) >= 11 is 0. The summed E-state index contributed by atoms with van der Waals surface area (Å²) in [6.45, 7) is 2.70. The monoisotopic (exact) mass is 410 g/mol. The van der Waals surface area contributed by atoms with Gasteiger partial charge in [0, 0.05) is 25.3 Å². The molecule has 1 aliphatic heterocycles. The van der Waals surface area contributed by atoms with Crippen LogP contribution >= 0.6 is 0 Å². The molecule has 3 rings (SSSR count). The maximum absolute atomic E-state index is 12.6. The molecule has 2 aromatic rings. The Morgan fingerprint density at radius 3 is 2.52 bits per heavy atom. The molecule has 0 bridgehead atoms. The smallest absolute Gasteiger partial charge is 0.417 e. The topological polar surface area (TPSA) is 87.5 Å². The van der Waals surface area contributed by atoms with Crippen molar-refractivity contribution in [3.05, 3.63) is 48.0 Å². The molecule has 2 aromatic heterocycles. The average molecular weight is 410 g/mol. The normalized spacial score (nSPS) is 16.3. The SMILES string of the molecule is CC(NC(=O)c1ccoc1)C(=O)NC1CCN(c2ccc(C(F)(F)F)cn2)CC1. The second kappa shape index (κ2) is 8.54. The minimum Gasteiger partial charge on any atom is -0.472 e. The molecule has 2 amide bonds. The highest BCUT2D eigenvalue weighted by molar-refractivity contribution is 5.97. The summed E-state index contributed by atoms with van der Waals surface area (Å²) in [6.07, 6.45) is 0.331. The molecule has 7 nitrogen and oxygen atoms in total. The zero-order chi connectivity index (χ0) is 21.0. The van der Waals surface area contributed by atoms with E-state index in [2.05, 4.69) is 15.6 Å². The number of alkyl halides is 3. The Balaban J connectivity index is 1.46. The number of piperidine rings is 1. The van der Waals surface area contributed by atoms with Gasteiger partial charge < -0.3 is 20.0 Å². The van der Waals surface area contributed by atoms with Gasteiger partial charge in [-0.2, -0.15) is 13.2 Å². The van der Waals surface area contributed by atoms with E-state index >= 15 is 0 Å². The van der Waals surface area contributed by atoms with Crippen LogP contribution in [0.3, 0.4) is 0 Å². The number of carbonyl (C=O) groups excluding carboxylic acids is 2. The molecule has 1 atom stereocenters. The van der Waals surface area contributed by atoms with E-state index in [1.165, 1.54) is 24.7 Å². The Labute approximate surface area is 165 Å². The molecule has 0 spiro atoms. The first kappa shape index (κ1) is 20.7. The van der Waals surface area contributed by atoms with Crippen LogP contribution in [0.5, 0.6) is 0 Å². The van der Waals surface area contributed by atoms with E-state index < -0.39 is 23.7 Å². The van der Waals surface area contributed by atoms with Crippen LogP contribution in [-0.4, -0.2) is 42.0 Å². The number of nitrogens with one attached hydrogen (secondary N) is 2. The third-order valence-electron chi connectivity index (χ3n) is 4.76. The Morgan fingerprint density at radius 2 is 1.97 bits per heavy atom. The van der Waals surface area contributed by atoms with Crippen molar-refractivity contribution < 1.29 is 27.2 Å². The van der Waals surface area contributed by atoms with Gasteiger partial charge in [-0.1, -0.05) is 0 Å². The van der Waals surface area contributed by atoms with Gasteiger partial charge in [-0.05, 0) is 38.0 Å². The van der Waals surface area contributed by atoms with E-state index in [0.29, 0.717) is 37.3 Å². The summed E-state index contributed by atoms with van der Waals surface area (Å²) in [5.41, 5.74) is -0.447. The standard InChI is InChI=1S/C19H21F3N4O3/c1-12(24-18(28)13-6-9-29-11-13)17(27)25-15-4-7-26(8-5-15)16-3-2-14(10-23-16)19(20,21)22/h2-3,6,9-12,15H,4-5,7-8H2,1H3,(H,24,28)(H,25,27). The number of pyridine rings is 1. The molecule has 0 saturated carbocycles. The molecule has 29 heavy (non-hydrogen) atoms. The summed E-state index contributed by atoms with van der Waals surface area (Å²) in [4.78, 5) is 30.1. The third kappa shape index (κ3) is 5.27. The molecule has 0 aliphatic carbocycles. The number of hydrogen-bond donors (Lipinski definition) is 2. The highest BCUT2D eigenvalue weighted by atomic mass is 19.4. The molecule has 0 aromatic carbocycles. The molecule has 1 saturated heterocycles. The van der Waals surface area contributed by atoms with Gasteiger partial charge in [-0.3, -0.25) is 9.59 Å². The number of anilines is 1. The van der Waals surface area contributed by atoms with Crippen LogP contribution in [0, 0.1) is 0 Å². The number of nitrogens with zero attached hydrogens (tertiary/aromatic N) is 2. The number of amides is 2. The van der Waals surface area contributed by atoms with Gasteiger partial charge in [0.2, 0.25) is 5.91 Å². The third-order valence-corrected chi connectivity index (χ3v) is 4.76. The summed E-state index contributed by atoms with van der Waals surface area (Å²) in [6, 6.07) is 3.08. The Hall–Kier alpha value is -3.04. The molecular weight excluding hydrogens is 389 g/mol. The van der Waals surface area contributed by atoms with Crippen molar-refractivity contribution >= 4 is 17.6 Å². The van der Waals surface area contributed by atoms with Gasteiger partial charge >= 0.3 is 6.18 Å². The molecule has 1 unspecified atom stereocenters. The maximum atomic E-state index is 12.6. The fourth-order valence-electron chi connectivity index (χ4n) is 3.06. The molecule has 0 radical (unpaired) electrons. The van der Waals surface area contributed by atoms with Gasteiger partial charge in [-0.15, -0.1) is 0 Å². The minimum absolute atomic E-state index is 0.0820. The highest BCUT2D eigenvalue weighted by Gasteiger charge is 2.31. The van der Waals surface area contributed by atoms with Gasteiger partial charge in [0.1, 0.15) is 18.1 Å². The largest absolute Gasteiger partial charge is 0.472 e. The van der Waals surface area contributed by atoms with Crippen LogP contribution in [0.25, 0.3) is 0 Å². The van der Waals surface area contributed by atoms with Gasteiger partial charge in [-0.25, -0.2) is 4.98 Å². The first-order valence-corrected chi connectivity index (χ1v) is 9.15. The molecular formula is C19H21F3N4O3. The van der Waals surface area contributed by atoms with Crippen LogP contribution in [0.4, 0.5) is 19.0 Å². The van der Waals surface area contributed by atoms with Crippen LogP contribution in [0.2, 0.25) is 0 Å². The van der Waals surface area contributed by atoms with Crippen molar-refractivity contribution in [2.45, 2.75) is 38.0 Å². The molecule has 1 aliphatic rings. The van der Waals surface area contributed by atoms with Crippen LogP contribution in [-0.2, 0) is 11.0 Å². The molecule has 1 fully saturated rings. The highest BCUT2D eigenvalue weighted by Crippen LogP contribution is 2.29. The number of aromatic nitrogens is 1. The van der Waals surface area contributed by atoms with Crippen LogP contribution in [0.15, 0.2) is 41.3 Å². The van der Waals surface area contributed by atoms with Crippen molar-refractivity contribution in [3.63, 3.8) is 0 Å². The number of halogens is 3. The Kier molecular flexibility index (Phi) is 6.09. The molecule has 3 heterocycles. The zero-order valence-electron chi connectivity index (χ0n) is 15.7. The van der Waals surface area contributed by atoms with E-state index in [-0.39, 0.29) is 11.9 Å². The second-order valence-corrected chi connectivity index (χ2v) is 6.88. The lowest BCUT2D eigenvalue weighted by Gasteiger charge is -2.33. The van der Waals surface area contributed by atoms with Crippen molar-refractivity contribution in [2.24, 2.45) is 0 Å². The Bertz CT molecular complexity index is 829. The number of rotatable bonds is 5. The zero-order valence-corrected chi connectivity index (χ0v) is 15.7. The number of carbonyl (C=O) groups is 2.